The molecule has 16 heavy (non-hydrogen) atoms. The summed E-state index contributed by atoms with van der Waals surface area (Å²) in [5, 5.41) is 0. The van der Waals surface area contributed by atoms with Crippen LogP contribution in [0.4, 0.5) is 0 Å². The normalized spacial score (nSPS) is 35.6. The van der Waals surface area contributed by atoms with Crippen molar-refractivity contribution in [2.75, 3.05) is 32.1 Å². The molecule has 0 aliphatic heterocycles. The van der Waals surface area contributed by atoms with Gasteiger partial charge in [0.1, 0.15) is 0 Å². The van der Waals surface area contributed by atoms with Gasteiger partial charge in [0.05, 0.1) is 0 Å². The van der Waals surface area contributed by atoms with Gasteiger partial charge in [0.15, 0.2) is 0 Å². The van der Waals surface area contributed by atoms with Crippen LogP contribution in [-0.4, -0.2) is 42.6 Å². The predicted molar refractivity (Wildman–Crippen MR) is 75.0 cm³/mol. The zero-order valence-corrected chi connectivity index (χ0v) is 12.1. The number of rotatable bonds is 5. The fourth-order valence-electron chi connectivity index (χ4n) is 3.17. The highest BCUT2D eigenvalue weighted by atomic mass is 32.2. The average molecular weight is 244 g/mol. The molecule has 96 valence electrons. The van der Waals surface area contributed by atoms with Crippen molar-refractivity contribution < 1.29 is 0 Å². The predicted octanol–water partition coefficient (Wildman–Crippen LogP) is 2.43. The molecule has 1 rings (SSSR count). The molecule has 0 aromatic carbocycles. The fourth-order valence-corrected chi connectivity index (χ4v) is 3.63. The standard InChI is InChI=1S/C13H28N2S/c1-11-6-5-7-13(10-14,12(11)2)15(3)8-9-16-4/h11-12H,5-10,14H2,1-4H3. The summed E-state index contributed by atoms with van der Waals surface area (Å²) >= 11 is 1.92. The lowest BCUT2D eigenvalue weighted by molar-refractivity contribution is 0.0106. The molecular formula is C13H28N2S. The van der Waals surface area contributed by atoms with Crippen molar-refractivity contribution in [3.63, 3.8) is 0 Å². The van der Waals surface area contributed by atoms with E-state index < -0.39 is 0 Å². The Labute approximate surface area is 105 Å². The Morgan fingerprint density at radius 2 is 2.12 bits per heavy atom. The number of thioether (sulfide) groups is 1. The molecule has 0 aromatic rings. The van der Waals surface area contributed by atoms with E-state index in [4.69, 9.17) is 5.73 Å². The first-order chi connectivity index (χ1) is 7.58. The van der Waals surface area contributed by atoms with Crippen LogP contribution in [0.5, 0.6) is 0 Å². The third-order valence-corrected chi connectivity index (χ3v) is 5.31. The number of likely N-dealkylation sites (N-methyl/N-ethyl adjacent to an activating group) is 1. The molecule has 0 aromatic heterocycles. The molecule has 0 radical (unpaired) electrons. The molecule has 1 aliphatic rings. The number of nitrogens with two attached hydrogens (primary N) is 1. The smallest absolute Gasteiger partial charge is 0.0357 e. The maximum Gasteiger partial charge on any atom is 0.0357 e. The molecule has 1 fully saturated rings. The summed E-state index contributed by atoms with van der Waals surface area (Å²) in [6, 6.07) is 0. The summed E-state index contributed by atoms with van der Waals surface area (Å²) in [5.41, 5.74) is 6.37. The number of nitrogens with zero attached hydrogens (tertiary/aromatic N) is 1. The van der Waals surface area contributed by atoms with E-state index >= 15 is 0 Å². The van der Waals surface area contributed by atoms with E-state index in [1.165, 1.54) is 25.0 Å². The van der Waals surface area contributed by atoms with Gasteiger partial charge in [-0.25, -0.2) is 0 Å². The van der Waals surface area contributed by atoms with Crippen LogP contribution >= 0.6 is 11.8 Å². The summed E-state index contributed by atoms with van der Waals surface area (Å²) in [5.74, 6) is 2.74. The van der Waals surface area contributed by atoms with Crippen LogP contribution in [0.2, 0.25) is 0 Å². The first kappa shape index (κ1) is 14.3. The molecule has 3 unspecified atom stereocenters. The zero-order chi connectivity index (χ0) is 12.2. The van der Waals surface area contributed by atoms with Crippen LogP contribution in [0.1, 0.15) is 33.1 Å². The Hall–Kier alpha value is 0.270. The lowest BCUT2D eigenvalue weighted by atomic mass is 9.67. The molecule has 1 aliphatic carbocycles. The first-order valence-electron chi connectivity index (χ1n) is 6.48. The highest BCUT2D eigenvalue weighted by Gasteiger charge is 2.43. The van der Waals surface area contributed by atoms with Gasteiger partial charge in [-0.05, 0) is 31.6 Å². The minimum atomic E-state index is 0.257. The molecule has 2 nitrogen and oxygen atoms in total. The van der Waals surface area contributed by atoms with Crippen molar-refractivity contribution in [3.05, 3.63) is 0 Å². The van der Waals surface area contributed by atoms with Gasteiger partial charge in [-0.3, -0.25) is 4.90 Å². The topological polar surface area (TPSA) is 29.3 Å². The molecule has 3 atom stereocenters. The first-order valence-corrected chi connectivity index (χ1v) is 7.88. The summed E-state index contributed by atoms with van der Waals surface area (Å²) in [7, 11) is 2.26. The molecule has 1 saturated carbocycles. The monoisotopic (exact) mass is 244 g/mol. The summed E-state index contributed by atoms with van der Waals surface area (Å²) in [4.78, 5) is 2.53. The van der Waals surface area contributed by atoms with E-state index in [-0.39, 0.29) is 5.54 Å². The second kappa shape index (κ2) is 6.27. The molecule has 0 amide bonds. The van der Waals surface area contributed by atoms with Crippen molar-refractivity contribution in [2.24, 2.45) is 17.6 Å². The summed E-state index contributed by atoms with van der Waals surface area (Å²) in [6.45, 7) is 6.75. The lowest BCUT2D eigenvalue weighted by Gasteiger charge is -2.51. The van der Waals surface area contributed by atoms with E-state index in [2.05, 4.69) is 32.1 Å². The molecule has 0 saturated heterocycles. The van der Waals surface area contributed by atoms with Crippen LogP contribution in [0.15, 0.2) is 0 Å². The van der Waals surface area contributed by atoms with Gasteiger partial charge in [-0.2, -0.15) is 11.8 Å². The van der Waals surface area contributed by atoms with Crippen LogP contribution in [-0.2, 0) is 0 Å². The Bertz CT molecular complexity index is 210. The molecule has 0 bridgehead atoms. The van der Waals surface area contributed by atoms with Crippen molar-refractivity contribution >= 4 is 11.8 Å². The van der Waals surface area contributed by atoms with Crippen LogP contribution < -0.4 is 5.73 Å². The molecule has 2 N–H and O–H groups in total. The molecule has 0 heterocycles. The van der Waals surface area contributed by atoms with E-state index in [9.17, 15) is 0 Å². The quantitative estimate of drug-likeness (QED) is 0.805. The van der Waals surface area contributed by atoms with Crippen molar-refractivity contribution in [3.8, 4) is 0 Å². The summed E-state index contributed by atoms with van der Waals surface area (Å²) < 4.78 is 0. The number of hydrogen-bond acceptors (Lipinski definition) is 3. The molecule has 0 spiro atoms. The average Bonchev–Trinajstić information content (AvgIpc) is 2.30. The minimum absolute atomic E-state index is 0.257. The van der Waals surface area contributed by atoms with Crippen LogP contribution in [0, 0.1) is 11.8 Å². The fraction of sp³-hybridized carbons (Fsp3) is 1.00. The van der Waals surface area contributed by atoms with E-state index in [0.29, 0.717) is 0 Å². The van der Waals surface area contributed by atoms with Gasteiger partial charge < -0.3 is 5.73 Å². The van der Waals surface area contributed by atoms with Gasteiger partial charge >= 0.3 is 0 Å². The minimum Gasteiger partial charge on any atom is -0.329 e. The van der Waals surface area contributed by atoms with Gasteiger partial charge in [-0.1, -0.05) is 26.7 Å². The van der Waals surface area contributed by atoms with Crippen LogP contribution in [0.3, 0.4) is 0 Å². The SMILES string of the molecule is CSCCN(C)C1(CN)CCCC(C)C1C. The van der Waals surface area contributed by atoms with Gasteiger partial charge in [-0.15, -0.1) is 0 Å². The Morgan fingerprint density at radius 3 is 2.69 bits per heavy atom. The van der Waals surface area contributed by atoms with Crippen molar-refractivity contribution in [1.29, 1.82) is 0 Å². The maximum absolute atomic E-state index is 6.12. The van der Waals surface area contributed by atoms with E-state index in [0.717, 1.165) is 24.9 Å². The van der Waals surface area contributed by atoms with E-state index in [1.807, 2.05) is 11.8 Å². The third-order valence-electron chi connectivity index (χ3n) is 4.71. The van der Waals surface area contributed by atoms with Crippen molar-refractivity contribution in [1.82, 2.24) is 4.90 Å². The highest BCUT2D eigenvalue weighted by Crippen LogP contribution is 2.40. The number of hydrogen-bond donors (Lipinski definition) is 1. The zero-order valence-electron chi connectivity index (χ0n) is 11.3. The second-order valence-corrected chi connectivity index (χ2v) is 6.37. The molecular weight excluding hydrogens is 216 g/mol. The molecule has 3 heteroatoms. The Kier molecular flexibility index (Phi) is 5.62. The Morgan fingerprint density at radius 1 is 1.44 bits per heavy atom. The van der Waals surface area contributed by atoms with E-state index in [1.54, 1.807) is 0 Å². The highest BCUT2D eigenvalue weighted by molar-refractivity contribution is 7.98. The van der Waals surface area contributed by atoms with Crippen molar-refractivity contribution in [2.45, 2.75) is 38.6 Å². The van der Waals surface area contributed by atoms with Gasteiger partial charge in [0.2, 0.25) is 0 Å². The van der Waals surface area contributed by atoms with Crippen LogP contribution in [0.25, 0.3) is 0 Å². The maximum atomic E-state index is 6.12. The largest absolute Gasteiger partial charge is 0.329 e. The second-order valence-electron chi connectivity index (χ2n) is 5.38. The van der Waals surface area contributed by atoms with Gasteiger partial charge in [0.25, 0.3) is 0 Å². The summed E-state index contributed by atoms with van der Waals surface area (Å²) in [6.07, 6.45) is 6.17. The van der Waals surface area contributed by atoms with Gasteiger partial charge in [0, 0.05) is 24.4 Å². The Balaban J connectivity index is 2.73. The third kappa shape index (κ3) is 2.74. The lowest BCUT2D eigenvalue weighted by Crippen LogP contribution is -2.60.